The van der Waals surface area contributed by atoms with Crippen molar-refractivity contribution in [3.63, 3.8) is 0 Å². The Bertz CT molecular complexity index is 649. The zero-order valence-corrected chi connectivity index (χ0v) is 13.3. The highest BCUT2D eigenvalue weighted by atomic mass is 16.6. The molecular weight excluding hydrogens is 296 g/mol. The zero-order valence-electron chi connectivity index (χ0n) is 13.3. The number of aromatic nitrogens is 2. The van der Waals surface area contributed by atoms with Crippen LogP contribution in [0.5, 0.6) is 5.75 Å². The fourth-order valence-electron chi connectivity index (χ4n) is 1.69. The molecule has 0 atom stereocenters. The quantitative estimate of drug-likeness (QED) is 0.802. The predicted molar refractivity (Wildman–Crippen MR) is 87.3 cm³/mol. The van der Waals surface area contributed by atoms with Gasteiger partial charge in [0.2, 0.25) is 0 Å². The first-order valence-electron chi connectivity index (χ1n) is 7.16. The molecular formula is C16H20N4O3. The third-order valence-electron chi connectivity index (χ3n) is 2.68. The fourth-order valence-corrected chi connectivity index (χ4v) is 1.69. The molecule has 2 aromatic heterocycles. The van der Waals surface area contributed by atoms with Crippen LogP contribution in [0.3, 0.4) is 0 Å². The lowest BCUT2D eigenvalue weighted by molar-refractivity contribution is 0.0635. The molecule has 0 radical (unpaired) electrons. The molecule has 0 aromatic carbocycles. The number of carbonyl (C=O) groups excluding carboxylic acids is 1. The number of ether oxygens (including phenoxy) is 1. The molecule has 2 aromatic rings. The van der Waals surface area contributed by atoms with E-state index >= 15 is 0 Å². The largest absolute Gasteiger partial charge is 0.506 e. The van der Waals surface area contributed by atoms with Gasteiger partial charge in [0, 0.05) is 0 Å². The summed E-state index contributed by atoms with van der Waals surface area (Å²) in [6.45, 7) is 5.89. The molecule has 0 spiro atoms. The minimum Gasteiger partial charge on any atom is -0.506 e. The number of nitrogens with zero attached hydrogens (tertiary/aromatic N) is 2. The number of carbonyl (C=O) groups is 1. The second-order valence-electron chi connectivity index (χ2n) is 5.92. The van der Waals surface area contributed by atoms with Gasteiger partial charge in [0.05, 0.1) is 30.3 Å². The van der Waals surface area contributed by atoms with Gasteiger partial charge in [-0.2, -0.15) is 0 Å². The van der Waals surface area contributed by atoms with Crippen LogP contribution >= 0.6 is 0 Å². The Morgan fingerprint density at radius 3 is 2.52 bits per heavy atom. The predicted octanol–water partition coefficient (Wildman–Crippen LogP) is 3.14. The maximum absolute atomic E-state index is 11.6. The molecule has 0 saturated heterocycles. The van der Waals surface area contributed by atoms with Crippen molar-refractivity contribution < 1.29 is 14.6 Å². The molecule has 7 heteroatoms. The molecule has 0 bridgehead atoms. The maximum atomic E-state index is 11.6. The Morgan fingerprint density at radius 2 is 1.96 bits per heavy atom. The normalized spacial score (nSPS) is 10.9. The molecule has 0 aliphatic rings. The van der Waals surface area contributed by atoms with Gasteiger partial charge in [0.25, 0.3) is 0 Å². The van der Waals surface area contributed by atoms with Crippen LogP contribution in [-0.2, 0) is 11.3 Å². The third-order valence-corrected chi connectivity index (χ3v) is 2.68. The molecule has 0 saturated carbocycles. The van der Waals surface area contributed by atoms with Gasteiger partial charge in [-0.3, -0.25) is 10.3 Å². The smallest absolute Gasteiger partial charge is 0.413 e. The third kappa shape index (κ3) is 5.82. The van der Waals surface area contributed by atoms with E-state index in [-0.39, 0.29) is 5.75 Å². The highest BCUT2D eigenvalue weighted by Crippen LogP contribution is 2.13. The van der Waals surface area contributed by atoms with E-state index in [4.69, 9.17) is 4.74 Å². The van der Waals surface area contributed by atoms with Crippen molar-refractivity contribution in [1.29, 1.82) is 0 Å². The molecule has 2 heterocycles. The maximum Gasteiger partial charge on any atom is 0.413 e. The lowest BCUT2D eigenvalue weighted by Gasteiger charge is -2.19. The fraction of sp³-hybridized carbons (Fsp3) is 0.312. The van der Waals surface area contributed by atoms with Crippen molar-refractivity contribution >= 4 is 17.6 Å². The monoisotopic (exact) mass is 316 g/mol. The molecule has 23 heavy (non-hydrogen) atoms. The molecule has 0 unspecified atom stereocenters. The molecule has 0 aliphatic carbocycles. The number of rotatable bonds is 4. The van der Waals surface area contributed by atoms with Crippen molar-refractivity contribution in [1.82, 2.24) is 9.97 Å². The van der Waals surface area contributed by atoms with E-state index in [1.165, 1.54) is 6.20 Å². The summed E-state index contributed by atoms with van der Waals surface area (Å²) in [5.74, 6) is 0.542. The number of amides is 1. The molecule has 0 aliphatic heterocycles. The Balaban J connectivity index is 1.87. The van der Waals surface area contributed by atoms with Crippen LogP contribution in [0.4, 0.5) is 16.3 Å². The first-order chi connectivity index (χ1) is 10.8. The van der Waals surface area contributed by atoms with E-state index in [1.807, 2.05) is 0 Å². The lowest BCUT2D eigenvalue weighted by Crippen LogP contribution is -2.27. The van der Waals surface area contributed by atoms with Crippen molar-refractivity contribution in [2.24, 2.45) is 0 Å². The van der Waals surface area contributed by atoms with Crippen LogP contribution in [0.15, 0.2) is 36.7 Å². The van der Waals surface area contributed by atoms with Gasteiger partial charge in [-0.05, 0) is 45.0 Å². The van der Waals surface area contributed by atoms with E-state index in [0.29, 0.717) is 12.4 Å². The SMILES string of the molecule is CC(C)(C)OC(=O)Nc1ccc(NCc2ccc(O)cn2)cn1. The Morgan fingerprint density at radius 1 is 1.17 bits per heavy atom. The summed E-state index contributed by atoms with van der Waals surface area (Å²) in [6, 6.07) is 6.78. The van der Waals surface area contributed by atoms with Crippen molar-refractivity contribution in [3.8, 4) is 5.75 Å². The van der Waals surface area contributed by atoms with E-state index in [0.717, 1.165) is 11.4 Å². The average Bonchev–Trinajstić information content (AvgIpc) is 2.46. The topological polar surface area (TPSA) is 96.4 Å². The number of hydrogen-bond acceptors (Lipinski definition) is 6. The summed E-state index contributed by atoms with van der Waals surface area (Å²) >= 11 is 0. The Kier molecular flexibility index (Phi) is 5.00. The average molecular weight is 316 g/mol. The van der Waals surface area contributed by atoms with Crippen molar-refractivity contribution in [2.45, 2.75) is 32.9 Å². The number of pyridine rings is 2. The molecule has 122 valence electrons. The van der Waals surface area contributed by atoms with Gasteiger partial charge in [0.15, 0.2) is 0 Å². The Hall–Kier alpha value is -2.83. The van der Waals surface area contributed by atoms with Crippen LogP contribution in [0.25, 0.3) is 0 Å². The van der Waals surface area contributed by atoms with Crippen LogP contribution in [-0.4, -0.2) is 26.8 Å². The highest BCUT2D eigenvalue weighted by molar-refractivity contribution is 5.83. The van der Waals surface area contributed by atoms with Gasteiger partial charge < -0.3 is 15.2 Å². The summed E-state index contributed by atoms with van der Waals surface area (Å²) in [5.41, 5.74) is 1.02. The van der Waals surface area contributed by atoms with E-state index in [9.17, 15) is 9.90 Å². The summed E-state index contributed by atoms with van der Waals surface area (Å²) in [5, 5.41) is 14.9. The summed E-state index contributed by atoms with van der Waals surface area (Å²) < 4.78 is 5.15. The second-order valence-corrected chi connectivity index (χ2v) is 5.92. The zero-order chi connectivity index (χ0) is 16.9. The van der Waals surface area contributed by atoms with Gasteiger partial charge in [0.1, 0.15) is 17.2 Å². The molecule has 0 fully saturated rings. The molecule has 2 rings (SSSR count). The lowest BCUT2D eigenvalue weighted by atomic mass is 10.2. The molecule has 1 amide bonds. The van der Waals surface area contributed by atoms with Gasteiger partial charge in [-0.25, -0.2) is 9.78 Å². The van der Waals surface area contributed by atoms with Crippen LogP contribution in [0.2, 0.25) is 0 Å². The van der Waals surface area contributed by atoms with Crippen LogP contribution in [0, 0.1) is 0 Å². The van der Waals surface area contributed by atoms with E-state index in [2.05, 4.69) is 20.6 Å². The Labute approximate surface area is 134 Å². The number of anilines is 2. The first-order valence-corrected chi connectivity index (χ1v) is 7.16. The minimum atomic E-state index is -0.553. The van der Waals surface area contributed by atoms with Gasteiger partial charge in [-0.15, -0.1) is 0 Å². The van der Waals surface area contributed by atoms with Crippen molar-refractivity contribution in [3.05, 3.63) is 42.4 Å². The number of aromatic hydroxyl groups is 1. The van der Waals surface area contributed by atoms with Gasteiger partial charge in [-0.1, -0.05) is 0 Å². The molecule has 3 N–H and O–H groups in total. The molecule has 7 nitrogen and oxygen atoms in total. The summed E-state index contributed by atoms with van der Waals surface area (Å²) in [4.78, 5) is 19.9. The van der Waals surface area contributed by atoms with E-state index in [1.54, 1.807) is 51.2 Å². The van der Waals surface area contributed by atoms with Gasteiger partial charge >= 0.3 is 6.09 Å². The standard InChI is InChI=1S/C16H20N4O3/c1-16(2,3)23-15(22)20-14-7-5-12(9-19-14)17-8-11-4-6-13(21)10-18-11/h4-7,9-10,17,21H,8H2,1-3H3,(H,19,20,22). The number of hydrogen-bond donors (Lipinski definition) is 3. The highest BCUT2D eigenvalue weighted by Gasteiger charge is 2.16. The number of nitrogens with one attached hydrogen (secondary N) is 2. The summed E-state index contributed by atoms with van der Waals surface area (Å²) in [7, 11) is 0. The van der Waals surface area contributed by atoms with Crippen molar-refractivity contribution in [2.75, 3.05) is 10.6 Å². The second kappa shape index (κ2) is 6.95. The summed E-state index contributed by atoms with van der Waals surface area (Å²) in [6.07, 6.45) is 2.45. The van der Waals surface area contributed by atoms with Crippen LogP contribution in [0.1, 0.15) is 26.5 Å². The van der Waals surface area contributed by atoms with E-state index < -0.39 is 11.7 Å². The first kappa shape index (κ1) is 16.5. The minimum absolute atomic E-state index is 0.132. The van der Waals surface area contributed by atoms with Crippen LogP contribution < -0.4 is 10.6 Å².